The van der Waals surface area contributed by atoms with Crippen LogP contribution in [-0.2, 0) is 6.42 Å². The van der Waals surface area contributed by atoms with Crippen molar-refractivity contribution in [2.45, 2.75) is 38.5 Å². The van der Waals surface area contributed by atoms with E-state index in [0.29, 0.717) is 30.8 Å². The molecule has 1 unspecified atom stereocenters. The van der Waals surface area contributed by atoms with Gasteiger partial charge in [0.15, 0.2) is 5.56 Å². The summed E-state index contributed by atoms with van der Waals surface area (Å²) in [7, 11) is 2.92. The summed E-state index contributed by atoms with van der Waals surface area (Å²) in [5, 5.41) is 10.9. The zero-order valence-electron chi connectivity index (χ0n) is 20.8. The number of pyridine rings is 1. The Labute approximate surface area is 218 Å². The Kier molecular flexibility index (Phi) is 7.97. The first-order chi connectivity index (χ1) is 17.8. The number of carbonyl (C=O) groups excluding carboxylic acids is 1. The van der Waals surface area contributed by atoms with Crippen molar-refractivity contribution in [2.75, 3.05) is 27.3 Å². The van der Waals surface area contributed by atoms with Gasteiger partial charge in [0.2, 0.25) is 5.88 Å². The van der Waals surface area contributed by atoms with Crippen LogP contribution >= 0.6 is 11.6 Å². The summed E-state index contributed by atoms with van der Waals surface area (Å²) in [6.07, 6.45) is 3.69. The molecule has 4 rings (SSSR count). The molecule has 0 radical (unpaired) electrons. The van der Waals surface area contributed by atoms with Gasteiger partial charge < -0.3 is 19.5 Å². The van der Waals surface area contributed by atoms with Crippen molar-refractivity contribution < 1.29 is 23.8 Å². The number of ether oxygens (including phenoxy) is 2. The molecule has 1 aliphatic rings. The van der Waals surface area contributed by atoms with E-state index in [1.165, 1.54) is 35.9 Å². The molecule has 0 spiro atoms. The lowest BCUT2D eigenvalue weighted by Crippen LogP contribution is -2.37. The maximum atomic E-state index is 14.4. The molecule has 1 atom stereocenters. The van der Waals surface area contributed by atoms with Gasteiger partial charge in [-0.3, -0.25) is 19.1 Å². The summed E-state index contributed by atoms with van der Waals surface area (Å²) in [6.45, 7) is 2.37. The highest BCUT2D eigenvalue weighted by atomic mass is 35.5. The first-order valence-electron chi connectivity index (χ1n) is 12.0. The minimum atomic E-state index is -0.745. The fraction of sp³-hybridized carbons (Fsp3) is 0.385. The Bertz CT molecular complexity index is 1360. The molecule has 11 heteroatoms. The second kappa shape index (κ2) is 11.2. The number of carbonyl (C=O) groups is 1. The van der Waals surface area contributed by atoms with Crippen molar-refractivity contribution in [3.8, 4) is 23.1 Å². The zero-order chi connectivity index (χ0) is 26.7. The number of aromatic nitrogens is 3. The highest BCUT2D eigenvalue weighted by Crippen LogP contribution is 2.34. The van der Waals surface area contributed by atoms with Gasteiger partial charge in [0.25, 0.3) is 11.5 Å². The fourth-order valence-electron chi connectivity index (χ4n) is 4.58. The van der Waals surface area contributed by atoms with Crippen LogP contribution in [0.1, 0.15) is 54.0 Å². The zero-order valence-corrected chi connectivity index (χ0v) is 21.6. The van der Waals surface area contributed by atoms with Gasteiger partial charge in [-0.15, -0.1) is 0 Å². The van der Waals surface area contributed by atoms with Crippen molar-refractivity contribution in [3.05, 3.63) is 68.7 Å². The first kappa shape index (κ1) is 26.4. The standard InChI is InChI=1S/C26H28ClFN4O5/c1-4-5-9-20-30-24(33)21(26(35)32(20)23-18(36-2)7-6-8-19(23)37-3)25(34)31-11-10-15(14-31)22-17(28)12-16(27)13-29-22/h6-8,12-13,15,33H,4-5,9-11,14H2,1-3H3. The molecule has 1 N–H and O–H groups in total. The molecular weight excluding hydrogens is 503 g/mol. The average molecular weight is 531 g/mol. The fourth-order valence-corrected chi connectivity index (χ4v) is 4.72. The Morgan fingerprint density at radius 3 is 2.59 bits per heavy atom. The van der Waals surface area contributed by atoms with Crippen LogP contribution in [0.2, 0.25) is 5.02 Å². The third kappa shape index (κ3) is 5.11. The Balaban J connectivity index is 1.78. The molecule has 3 heterocycles. The number of aromatic hydroxyl groups is 1. The van der Waals surface area contributed by atoms with Crippen LogP contribution in [0.4, 0.5) is 4.39 Å². The molecule has 0 saturated carbocycles. The van der Waals surface area contributed by atoms with E-state index in [2.05, 4.69) is 9.97 Å². The molecule has 2 aromatic heterocycles. The minimum Gasteiger partial charge on any atom is -0.494 e. The molecule has 1 amide bonds. The lowest BCUT2D eigenvalue weighted by molar-refractivity contribution is 0.0784. The summed E-state index contributed by atoms with van der Waals surface area (Å²) in [4.78, 5) is 37.2. The van der Waals surface area contributed by atoms with Crippen LogP contribution < -0.4 is 15.0 Å². The second-order valence-electron chi connectivity index (χ2n) is 8.74. The van der Waals surface area contributed by atoms with Crippen LogP contribution in [0.5, 0.6) is 17.4 Å². The largest absolute Gasteiger partial charge is 0.494 e. The quantitative estimate of drug-likeness (QED) is 0.467. The van der Waals surface area contributed by atoms with Crippen LogP contribution in [-0.4, -0.2) is 57.8 Å². The van der Waals surface area contributed by atoms with Crippen molar-refractivity contribution in [1.82, 2.24) is 19.4 Å². The molecular formula is C26H28ClFN4O5. The summed E-state index contributed by atoms with van der Waals surface area (Å²) in [5.41, 5.74) is -0.728. The van der Waals surface area contributed by atoms with Crippen LogP contribution in [0.15, 0.2) is 35.3 Å². The van der Waals surface area contributed by atoms with E-state index in [0.717, 1.165) is 6.42 Å². The maximum Gasteiger partial charge on any atom is 0.275 e. The molecule has 1 fully saturated rings. The molecule has 0 bridgehead atoms. The number of aryl methyl sites for hydroxylation is 1. The van der Waals surface area contributed by atoms with Crippen molar-refractivity contribution in [3.63, 3.8) is 0 Å². The summed E-state index contributed by atoms with van der Waals surface area (Å²) >= 11 is 5.81. The molecule has 0 aliphatic carbocycles. The van der Waals surface area contributed by atoms with Crippen LogP contribution in [0, 0.1) is 5.82 Å². The molecule has 1 aliphatic heterocycles. The minimum absolute atomic E-state index is 0.124. The lowest BCUT2D eigenvalue weighted by Gasteiger charge is -2.21. The van der Waals surface area contributed by atoms with E-state index in [-0.39, 0.29) is 41.2 Å². The van der Waals surface area contributed by atoms with Crippen molar-refractivity contribution >= 4 is 17.5 Å². The number of nitrogens with zero attached hydrogens (tertiary/aromatic N) is 4. The summed E-state index contributed by atoms with van der Waals surface area (Å²) < 4.78 is 26.7. The van der Waals surface area contributed by atoms with E-state index in [1.54, 1.807) is 18.2 Å². The number of amides is 1. The predicted molar refractivity (Wildman–Crippen MR) is 136 cm³/mol. The average Bonchev–Trinajstić information content (AvgIpc) is 3.37. The third-order valence-electron chi connectivity index (χ3n) is 6.43. The number of hydrogen-bond acceptors (Lipinski definition) is 7. The number of halogens is 2. The normalized spacial score (nSPS) is 15.2. The number of para-hydroxylation sites is 1. The van der Waals surface area contributed by atoms with E-state index >= 15 is 0 Å². The molecule has 1 aromatic carbocycles. The highest BCUT2D eigenvalue weighted by Gasteiger charge is 2.34. The Hall–Kier alpha value is -3.66. The molecule has 1 saturated heterocycles. The van der Waals surface area contributed by atoms with Crippen molar-refractivity contribution in [2.24, 2.45) is 0 Å². The summed E-state index contributed by atoms with van der Waals surface area (Å²) in [6, 6.07) is 6.23. The monoisotopic (exact) mass is 530 g/mol. The number of hydrogen-bond donors (Lipinski definition) is 1. The van der Waals surface area contributed by atoms with Gasteiger partial charge in [-0.2, -0.15) is 4.98 Å². The van der Waals surface area contributed by atoms with Crippen LogP contribution in [0.25, 0.3) is 5.69 Å². The third-order valence-corrected chi connectivity index (χ3v) is 6.63. The maximum absolute atomic E-state index is 14.4. The van der Waals surface area contributed by atoms with E-state index in [4.69, 9.17) is 21.1 Å². The first-order valence-corrected chi connectivity index (χ1v) is 12.3. The SMILES string of the molecule is CCCCc1nc(O)c(C(=O)N2CCC(c3ncc(Cl)cc3F)C2)c(=O)n1-c1c(OC)cccc1OC. The highest BCUT2D eigenvalue weighted by molar-refractivity contribution is 6.30. The summed E-state index contributed by atoms with van der Waals surface area (Å²) in [5.74, 6) is -1.32. The van der Waals surface area contributed by atoms with Gasteiger partial charge in [0.05, 0.1) is 24.9 Å². The van der Waals surface area contributed by atoms with E-state index < -0.39 is 28.7 Å². The molecule has 9 nitrogen and oxygen atoms in total. The van der Waals surface area contributed by atoms with Gasteiger partial charge >= 0.3 is 0 Å². The van der Waals surface area contributed by atoms with Gasteiger partial charge in [0.1, 0.15) is 28.8 Å². The van der Waals surface area contributed by atoms with E-state index in [9.17, 15) is 19.1 Å². The Morgan fingerprint density at radius 2 is 1.97 bits per heavy atom. The lowest BCUT2D eigenvalue weighted by atomic mass is 10.0. The van der Waals surface area contributed by atoms with Gasteiger partial charge in [-0.25, -0.2) is 4.39 Å². The molecule has 3 aromatic rings. The molecule has 37 heavy (non-hydrogen) atoms. The number of benzene rings is 1. The Morgan fingerprint density at radius 1 is 1.27 bits per heavy atom. The second-order valence-corrected chi connectivity index (χ2v) is 9.18. The van der Waals surface area contributed by atoms with Crippen LogP contribution in [0.3, 0.4) is 0 Å². The van der Waals surface area contributed by atoms with Gasteiger partial charge in [-0.1, -0.05) is 31.0 Å². The smallest absolute Gasteiger partial charge is 0.275 e. The number of rotatable bonds is 8. The van der Waals surface area contributed by atoms with Crippen molar-refractivity contribution in [1.29, 1.82) is 0 Å². The number of unbranched alkanes of at least 4 members (excludes halogenated alkanes) is 1. The van der Waals surface area contributed by atoms with Gasteiger partial charge in [-0.05, 0) is 31.0 Å². The van der Waals surface area contributed by atoms with E-state index in [1.807, 2.05) is 6.92 Å². The molecule has 196 valence electrons. The predicted octanol–water partition coefficient (Wildman–Crippen LogP) is 4.12. The number of likely N-dealkylation sites (tertiary alicyclic amines) is 1. The van der Waals surface area contributed by atoms with Gasteiger partial charge in [0, 0.05) is 31.6 Å². The topological polar surface area (TPSA) is 107 Å². The number of methoxy groups -OCH3 is 2.